The summed E-state index contributed by atoms with van der Waals surface area (Å²) in [5.41, 5.74) is 3.07. The maximum Gasteiger partial charge on any atom is 0.240 e. The van der Waals surface area contributed by atoms with Crippen molar-refractivity contribution in [3.8, 4) is 17.2 Å². The summed E-state index contributed by atoms with van der Waals surface area (Å²) in [5, 5.41) is 7.30. The zero-order chi connectivity index (χ0) is 22.1. The number of pyridine rings is 1. The van der Waals surface area contributed by atoms with E-state index in [2.05, 4.69) is 10.1 Å². The Morgan fingerprint density at radius 1 is 1.03 bits per heavy atom. The lowest BCUT2D eigenvalue weighted by atomic mass is 9.98. The van der Waals surface area contributed by atoms with Crippen LogP contribution < -0.4 is 14.2 Å². The third-order valence-corrected chi connectivity index (χ3v) is 5.62. The van der Waals surface area contributed by atoms with Crippen molar-refractivity contribution >= 4 is 34.1 Å². The number of hydrazone groups is 1. The number of ether oxygens (including phenoxy) is 3. The van der Waals surface area contributed by atoms with E-state index < -0.39 is 0 Å². The summed E-state index contributed by atoms with van der Waals surface area (Å²) in [6, 6.07) is 12.8. The number of aromatic nitrogens is 1. The van der Waals surface area contributed by atoms with Crippen molar-refractivity contribution in [1.82, 2.24) is 9.99 Å². The summed E-state index contributed by atoms with van der Waals surface area (Å²) in [4.78, 5) is 16.9. The van der Waals surface area contributed by atoms with Crippen LogP contribution in [0, 0.1) is 0 Å². The van der Waals surface area contributed by atoms with E-state index in [-0.39, 0.29) is 11.9 Å². The van der Waals surface area contributed by atoms with Gasteiger partial charge in [0.2, 0.25) is 5.91 Å². The first kappa shape index (κ1) is 20.9. The molecule has 7 nitrogen and oxygen atoms in total. The summed E-state index contributed by atoms with van der Waals surface area (Å²) in [6.45, 7) is 1.49. The van der Waals surface area contributed by atoms with Crippen molar-refractivity contribution in [3.05, 3.63) is 58.7 Å². The Labute approximate surface area is 185 Å². The van der Waals surface area contributed by atoms with Gasteiger partial charge in [0, 0.05) is 35.9 Å². The van der Waals surface area contributed by atoms with E-state index in [1.54, 1.807) is 21.3 Å². The van der Waals surface area contributed by atoms with Crippen molar-refractivity contribution in [2.24, 2.45) is 5.10 Å². The van der Waals surface area contributed by atoms with Crippen LogP contribution in [0.3, 0.4) is 0 Å². The molecule has 1 aliphatic rings. The third kappa shape index (κ3) is 3.88. The first-order valence-electron chi connectivity index (χ1n) is 9.69. The van der Waals surface area contributed by atoms with Crippen molar-refractivity contribution < 1.29 is 19.0 Å². The number of methoxy groups -OCH3 is 3. The number of amides is 1. The van der Waals surface area contributed by atoms with E-state index in [9.17, 15) is 4.79 Å². The Bertz CT molecular complexity index is 1190. The van der Waals surface area contributed by atoms with Gasteiger partial charge in [-0.25, -0.2) is 9.99 Å². The molecule has 1 amide bonds. The lowest BCUT2D eigenvalue weighted by Gasteiger charge is -2.21. The molecule has 1 atom stereocenters. The minimum atomic E-state index is -0.355. The second kappa shape index (κ2) is 8.43. The molecule has 0 fully saturated rings. The fourth-order valence-corrected chi connectivity index (χ4v) is 4.01. The predicted octanol–water partition coefficient (Wildman–Crippen LogP) is 4.61. The molecular weight excluding hydrogens is 418 g/mol. The van der Waals surface area contributed by atoms with Gasteiger partial charge in [-0.15, -0.1) is 0 Å². The Kier molecular flexibility index (Phi) is 5.69. The average Bonchev–Trinajstić information content (AvgIpc) is 3.23. The second-order valence-corrected chi connectivity index (χ2v) is 7.49. The predicted molar refractivity (Wildman–Crippen MR) is 119 cm³/mol. The average molecular weight is 440 g/mol. The molecule has 3 aromatic rings. The van der Waals surface area contributed by atoms with Crippen LogP contribution in [0.15, 0.2) is 47.6 Å². The Balaban J connectivity index is 1.73. The number of halogens is 1. The highest BCUT2D eigenvalue weighted by Gasteiger charge is 2.33. The van der Waals surface area contributed by atoms with E-state index in [1.165, 1.54) is 11.9 Å². The largest absolute Gasteiger partial charge is 0.497 e. The molecule has 160 valence electrons. The number of fused-ring (bicyclic) bond motifs is 1. The molecule has 0 unspecified atom stereocenters. The number of hydrogen-bond acceptors (Lipinski definition) is 6. The summed E-state index contributed by atoms with van der Waals surface area (Å²) in [5.74, 6) is 1.75. The first-order valence-corrected chi connectivity index (χ1v) is 10.1. The molecule has 2 aromatic carbocycles. The van der Waals surface area contributed by atoms with E-state index in [0.717, 1.165) is 27.7 Å². The van der Waals surface area contributed by atoms with Crippen LogP contribution in [0.1, 0.15) is 30.5 Å². The molecule has 0 radical (unpaired) electrons. The van der Waals surface area contributed by atoms with Gasteiger partial charge >= 0.3 is 0 Å². The Morgan fingerprint density at radius 3 is 2.48 bits per heavy atom. The number of carbonyl (C=O) groups is 1. The van der Waals surface area contributed by atoms with Crippen LogP contribution in [0.2, 0.25) is 5.15 Å². The van der Waals surface area contributed by atoms with Crippen molar-refractivity contribution in [2.45, 2.75) is 19.4 Å². The van der Waals surface area contributed by atoms with Gasteiger partial charge in [0.25, 0.3) is 0 Å². The van der Waals surface area contributed by atoms with Crippen LogP contribution >= 0.6 is 11.6 Å². The second-order valence-electron chi connectivity index (χ2n) is 7.13. The fraction of sp³-hybridized carbons (Fsp3) is 0.261. The lowest BCUT2D eigenvalue weighted by molar-refractivity contribution is -0.130. The summed E-state index contributed by atoms with van der Waals surface area (Å²) in [7, 11) is 4.77. The van der Waals surface area contributed by atoms with E-state index in [0.29, 0.717) is 28.8 Å². The molecule has 4 rings (SSSR count). The zero-order valence-electron chi connectivity index (χ0n) is 17.7. The van der Waals surface area contributed by atoms with Gasteiger partial charge in [0.05, 0.1) is 38.6 Å². The minimum absolute atomic E-state index is 0.175. The molecule has 0 saturated carbocycles. The highest BCUT2D eigenvalue weighted by atomic mass is 35.5. The minimum Gasteiger partial charge on any atom is -0.497 e. The molecule has 0 bridgehead atoms. The molecule has 0 saturated heterocycles. The van der Waals surface area contributed by atoms with Crippen LogP contribution in [0.25, 0.3) is 10.9 Å². The highest BCUT2D eigenvalue weighted by Crippen LogP contribution is 2.38. The molecule has 1 aromatic heterocycles. The molecule has 1 aliphatic heterocycles. The van der Waals surface area contributed by atoms with Gasteiger partial charge in [-0.3, -0.25) is 4.79 Å². The topological polar surface area (TPSA) is 73.2 Å². The van der Waals surface area contributed by atoms with E-state index in [1.807, 2.05) is 42.5 Å². The quantitative estimate of drug-likeness (QED) is 0.543. The van der Waals surface area contributed by atoms with Crippen molar-refractivity contribution in [3.63, 3.8) is 0 Å². The maximum atomic E-state index is 12.4. The Hall–Kier alpha value is -3.32. The standard InChI is InChI=1S/C23H22ClN3O4/c1-13(28)27-20(12-19(26-27)15-6-8-21(30-3)22(10-15)31-4)17-9-14-5-7-16(29-2)11-18(14)25-23(17)24/h5-11,20H,12H2,1-4H3/t20-/m1/s1. The molecule has 8 heteroatoms. The number of hydrogen-bond donors (Lipinski definition) is 0. The van der Waals surface area contributed by atoms with Gasteiger partial charge < -0.3 is 14.2 Å². The molecule has 2 heterocycles. The van der Waals surface area contributed by atoms with Crippen molar-refractivity contribution in [2.75, 3.05) is 21.3 Å². The van der Waals surface area contributed by atoms with Crippen LogP contribution in [-0.4, -0.2) is 42.9 Å². The van der Waals surface area contributed by atoms with Gasteiger partial charge in [0.15, 0.2) is 11.5 Å². The molecule has 0 N–H and O–H groups in total. The van der Waals surface area contributed by atoms with Gasteiger partial charge in [-0.1, -0.05) is 11.6 Å². The van der Waals surface area contributed by atoms with Crippen LogP contribution in [0.4, 0.5) is 0 Å². The lowest BCUT2D eigenvalue weighted by Crippen LogP contribution is -2.24. The molecule has 31 heavy (non-hydrogen) atoms. The zero-order valence-corrected chi connectivity index (χ0v) is 18.4. The van der Waals surface area contributed by atoms with Gasteiger partial charge in [-0.05, 0) is 36.4 Å². The number of nitrogens with zero attached hydrogens (tertiary/aromatic N) is 3. The number of carbonyl (C=O) groups excluding carboxylic acids is 1. The monoisotopic (exact) mass is 439 g/mol. The fourth-order valence-electron chi connectivity index (χ4n) is 3.73. The van der Waals surface area contributed by atoms with Gasteiger partial charge in [-0.2, -0.15) is 5.10 Å². The summed E-state index contributed by atoms with van der Waals surface area (Å²) < 4.78 is 16.0. The summed E-state index contributed by atoms with van der Waals surface area (Å²) >= 11 is 6.55. The molecule has 0 spiro atoms. The SMILES string of the molecule is COc1ccc2cc([C@H]3CC(c4ccc(OC)c(OC)c4)=NN3C(C)=O)c(Cl)nc2c1. The Morgan fingerprint density at radius 2 is 1.81 bits per heavy atom. The first-order chi connectivity index (χ1) is 14.9. The normalized spacial score (nSPS) is 15.7. The third-order valence-electron chi connectivity index (χ3n) is 5.31. The number of benzene rings is 2. The van der Waals surface area contributed by atoms with Crippen LogP contribution in [0.5, 0.6) is 17.2 Å². The van der Waals surface area contributed by atoms with Gasteiger partial charge in [0.1, 0.15) is 10.9 Å². The number of rotatable bonds is 5. The summed E-state index contributed by atoms with van der Waals surface area (Å²) in [6.07, 6.45) is 0.498. The molecule has 0 aliphatic carbocycles. The maximum absolute atomic E-state index is 12.4. The van der Waals surface area contributed by atoms with E-state index >= 15 is 0 Å². The van der Waals surface area contributed by atoms with Crippen LogP contribution in [-0.2, 0) is 4.79 Å². The smallest absolute Gasteiger partial charge is 0.240 e. The van der Waals surface area contributed by atoms with Crippen molar-refractivity contribution in [1.29, 1.82) is 0 Å². The molecular formula is C23H22ClN3O4. The van der Waals surface area contributed by atoms with E-state index in [4.69, 9.17) is 25.8 Å². The highest BCUT2D eigenvalue weighted by molar-refractivity contribution is 6.30.